The Labute approximate surface area is 56.7 Å². The van der Waals surface area contributed by atoms with Crippen LogP contribution in [0.5, 0.6) is 0 Å². The Morgan fingerprint density at radius 2 is 2.00 bits per heavy atom. The maximum absolute atomic E-state index is 9.10. The monoisotopic (exact) mass is 126 g/mol. The zero-order valence-corrected chi connectivity index (χ0v) is 6.31. The molecule has 0 saturated heterocycles. The van der Waals surface area contributed by atoms with Crippen molar-refractivity contribution in [1.82, 2.24) is 0 Å². The lowest BCUT2D eigenvalue weighted by atomic mass is 10.1. The largest absolute Gasteiger partial charge is 0.512 e. The molecule has 9 heavy (non-hydrogen) atoms. The van der Waals surface area contributed by atoms with E-state index in [1.54, 1.807) is 6.08 Å². The quantitative estimate of drug-likeness (QED) is 0.445. The highest BCUT2D eigenvalue weighted by atomic mass is 16.3. The van der Waals surface area contributed by atoms with Crippen molar-refractivity contribution in [2.45, 2.75) is 20.8 Å². The van der Waals surface area contributed by atoms with E-state index >= 15 is 0 Å². The van der Waals surface area contributed by atoms with Crippen LogP contribution in [0.3, 0.4) is 0 Å². The van der Waals surface area contributed by atoms with Crippen molar-refractivity contribution in [1.29, 1.82) is 0 Å². The Bertz CT molecular complexity index is 132. The minimum absolute atomic E-state index is 0.210. The zero-order chi connectivity index (χ0) is 7.44. The maximum atomic E-state index is 9.10. The van der Waals surface area contributed by atoms with Crippen molar-refractivity contribution in [2.24, 2.45) is 5.92 Å². The first-order valence-corrected chi connectivity index (χ1v) is 3.10. The van der Waals surface area contributed by atoms with Crippen LogP contribution in [-0.2, 0) is 0 Å². The van der Waals surface area contributed by atoms with Crippen molar-refractivity contribution in [3.63, 3.8) is 0 Å². The number of aliphatic hydroxyl groups excluding tert-OH is 1. The van der Waals surface area contributed by atoms with E-state index in [9.17, 15) is 0 Å². The lowest BCUT2D eigenvalue weighted by Crippen LogP contribution is -1.91. The molecule has 52 valence electrons. The van der Waals surface area contributed by atoms with Crippen LogP contribution in [0.4, 0.5) is 0 Å². The summed E-state index contributed by atoms with van der Waals surface area (Å²) in [5.41, 5.74) is 0.890. The molecule has 0 aromatic heterocycles. The van der Waals surface area contributed by atoms with Gasteiger partial charge in [0.25, 0.3) is 0 Å². The van der Waals surface area contributed by atoms with Gasteiger partial charge < -0.3 is 5.11 Å². The smallest absolute Gasteiger partial charge is 0.0950 e. The predicted molar refractivity (Wildman–Crippen MR) is 40.4 cm³/mol. The summed E-state index contributed by atoms with van der Waals surface area (Å²) in [6, 6.07) is 0. The number of hydrogen-bond acceptors (Lipinski definition) is 1. The molecule has 0 aliphatic carbocycles. The number of allylic oxidation sites excluding steroid dienone is 3. The summed E-state index contributed by atoms with van der Waals surface area (Å²) in [4.78, 5) is 0. The van der Waals surface area contributed by atoms with Gasteiger partial charge in [-0.3, -0.25) is 0 Å². The molecule has 0 aromatic carbocycles. The first-order valence-electron chi connectivity index (χ1n) is 3.10. The normalized spacial score (nSPS) is 12.2. The molecule has 0 spiro atoms. The van der Waals surface area contributed by atoms with Gasteiger partial charge in [-0.05, 0) is 13.0 Å². The second-order valence-corrected chi connectivity index (χ2v) is 2.57. The molecule has 0 aliphatic rings. The third-order valence-corrected chi connectivity index (χ3v) is 0.986. The SMILES string of the molecule is C=C(C)C=C(O)C(C)C. The van der Waals surface area contributed by atoms with Crippen LogP contribution in [0, 0.1) is 5.92 Å². The number of hydrogen-bond donors (Lipinski definition) is 1. The number of rotatable bonds is 2. The van der Waals surface area contributed by atoms with Crippen molar-refractivity contribution >= 4 is 0 Å². The predicted octanol–water partition coefficient (Wildman–Crippen LogP) is 2.66. The van der Waals surface area contributed by atoms with Gasteiger partial charge in [-0.15, -0.1) is 0 Å². The van der Waals surface area contributed by atoms with Crippen molar-refractivity contribution in [3.8, 4) is 0 Å². The van der Waals surface area contributed by atoms with Crippen molar-refractivity contribution < 1.29 is 5.11 Å². The number of aliphatic hydroxyl groups is 1. The Balaban J connectivity index is 4.00. The van der Waals surface area contributed by atoms with Gasteiger partial charge in [-0.25, -0.2) is 0 Å². The van der Waals surface area contributed by atoms with Crippen molar-refractivity contribution in [3.05, 3.63) is 24.0 Å². The molecule has 0 heterocycles. The van der Waals surface area contributed by atoms with Gasteiger partial charge in [0.15, 0.2) is 0 Å². The maximum Gasteiger partial charge on any atom is 0.0950 e. The molecule has 0 atom stereocenters. The van der Waals surface area contributed by atoms with Gasteiger partial charge in [0.05, 0.1) is 5.76 Å². The first kappa shape index (κ1) is 8.28. The summed E-state index contributed by atoms with van der Waals surface area (Å²) in [6.45, 7) is 9.38. The van der Waals surface area contributed by atoms with Crippen LogP contribution in [0.25, 0.3) is 0 Å². The summed E-state index contributed by atoms with van der Waals surface area (Å²) in [5.74, 6) is 0.615. The van der Waals surface area contributed by atoms with Gasteiger partial charge in [-0.1, -0.05) is 26.0 Å². The minimum Gasteiger partial charge on any atom is -0.512 e. The fourth-order valence-corrected chi connectivity index (χ4v) is 0.419. The summed E-state index contributed by atoms with van der Waals surface area (Å²) in [6.07, 6.45) is 1.69. The molecule has 0 aromatic rings. The van der Waals surface area contributed by atoms with E-state index < -0.39 is 0 Å². The molecule has 0 radical (unpaired) electrons. The second kappa shape index (κ2) is 3.33. The molecule has 1 N–H and O–H groups in total. The molecule has 1 nitrogen and oxygen atoms in total. The van der Waals surface area contributed by atoms with Gasteiger partial charge in [-0.2, -0.15) is 0 Å². The Kier molecular flexibility index (Phi) is 3.07. The standard InChI is InChI=1S/C8H14O/c1-6(2)5-8(9)7(3)4/h5,7,9H,1H2,2-4H3. The lowest BCUT2D eigenvalue weighted by Gasteiger charge is -2.01. The first-order chi connectivity index (χ1) is 4.04. The average Bonchev–Trinajstić information content (AvgIpc) is 1.63. The van der Waals surface area contributed by atoms with Crippen LogP contribution in [0.1, 0.15) is 20.8 Å². The molecule has 0 fully saturated rings. The Morgan fingerprint density at radius 1 is 1.56 bits per heavy atom. The topological polar surface area (TPSA) is 20.2 Å². The fourth-order valence-electron chi connectivity index (χ4n) is 0.419. The molecule has 1 heteroatoms. The summed E-state index contributed by atoms with van der Waals surface area (Å²) in [5, 5.41) is 9.10. The highest BCUT2D eigenvalue weighted by molar-refractivity contribution is 5.14. The average molecular weight is 126 g/mol. The molecule has 0 saturated carbocycles. The van der Waals surface area contributed by atoms with Crippen LogP contribution in [0.15, 0.2) is 24.0 Å². The third-order valence-electron chi connectivity index (χ3n) is 0.986. The van der Waals surface area contributed by atoms with Crippen LogP contribution < -0.4 is 0 Å². The van der Waals surface area contributed by atoms with E-state index in [0.717, 1.165) is 5.57 Å². The van der Waals surface area contributed by atoms with E-state index in [4.69, 9.17) is 5.11 Å². The highest BCUT2D eigenvalue weighted by Gasteiger charge is 1.96. The molecule has 0 aliphatic heterocycles. The second-order valence-electron chi connectivity index (χ2n) is 2.57. The van der Waals surface area contributed by atoms with Crippen LogP contribution >= 0.6 is 0 Å². The van der Waals surface area contributed by atoms with E-state index in [1.165, 1.54) is 0 Å². The molecular formula is C8H14O. The summed E-state index contributed by atoms with van der Waals surface area (Å²) in [7, 11) is 0. The Morgan fingerprint density at radius 3 is 2.11 bits per heavy atom. The molecule has 0 bridgehead atoms. The molecule has 0 rings (SSSR count). The zero-order valence-electron chi connectivity index (χ0n) is 6.31. The van der Waals surface area contributed by atoms with E-state index in [1.807, 2.05) is 20.8 Å². The summed E-state index contributed by atoms with van der Waals surface area (Å²) >= 11 is 0. The molecule has 0 unspecified atom stereocenters. The van der Waals surface area contributed by atoms with Gasteiger partial charge in [0.1, 0.15) is 0 Å². The van der Waals surface area contributed by atoms with E-state index in [-0.39, 0.29) is 5.92 Å². The Hall–Kier alpha value is -0.720. The van der Waals surface area contributed by atoms with Gasteiger partial charge in [0, 0.05) is 5.92 Å². The van der Waals surface area contributed by atoms with E-state index in [0.29, 0.717) is 5.76 Å². The molecule has 0 amide bonds. The summed E-state index contributed by atoms with van der Waals surface area (Å²) < 4.78 is 0. The fraction of sp³-hybridized carbons (Fsp3) is 0.500. The van der Waals surface area contributed by atoms with Gasteiger partial charge in [0.2, 0.25) is 0 Å². The highest BCUT2D eigenvalue weighted by Crippen LogP contribution is 2.06. The van der Waals surface area contributed by atoms with Crippen molar-refractivity contribution in [2.75, 3.05) is 0 Å². The lowest BCUT2D eigenvalue weighted by molar-refractivity contribution is 0.351. The van der Waals surface area contributed by atoms with Gasteiger partial charge >= 0.3 is 0 Å². The van der Waals surface area contributed by atoms with Crippen LogP contribution in [-0.4, -0.2) is 5.11 Å². The van der Waals surface area contributed by atoms with Crippen LogP contribution in [0.2, 0.25) is 0 Å². The third kappa shape index (κ3) is 3.83. The minimum atomic E-state index is 0.210. The van der Waals surface area contributed by atoms with E-state index in [2.05, 4.69) is 6.58 Å². The molecular weight excluding hydrogens is 112 g/mol.